The van der Waals surface area contributed by atoms with E-state index in [-0.39, 0.29) is 11.4 Å². The van der Waals surface area contributed by atoms with Gasteiger partial charge in [-0.2, -0.15) is 8.42 Å². The lowest BCUT2D eigenvalue weighted by Gasteiger charge is -2.38. The van der Waals surface area contributed by atoms with Gasteiger partial charge in [0, 0.05) is 5.92 Å². The summed E-state index contributed by atoms with van der Waals surface area (Å²) >= 11 is 0. The summed E-state index contributed by atoms with van der Waals surface area (Å²) in [7, 11) is -3.15. The van der Waals surface area contributed by atoms with Crippen LogP contribution >= 0.6 is 0 Å². The maximum Gasteiger partial charge on any atom is 0.270 e. The Hall–Kier alpha value is -0.0900. The van der Waals surface area contributed by atoms with Crippen molar-refractivity contribution in [2.24, 2.45) is 11.8 Å². The lowest BCUT2D eigenvalue weighted by atomic mass is 9.69. The van der Waals surface area contributed by atoms with Crippen molar-refractivity contribution in [2.75, 3.05) is 0 Å². The Labute approximate surface area is 72.2 Å². The van der Waals surface area contributed by atoms with Crippen molar-refractivity contribution >= 4 is 10.1 Å². The van der Waals surface area contributed by atoms with Gasteiger partial charge < -0.3 is 0 Å². The van der Waals surface area contributed by atoms with Crippen LogP contribution in [0.25, 0.3) is 0 Å². The minimum Gasteiger partial charge on any atom is -0.266 e. The van der Waals surface area contributed by atoms with E-state index in [2.05, 4.69) is 0 Å². The molecule has 4 heteroatoms. The molecule has 3 nitrogen and oxygen atoms in total. The average molecular weight is 188 g/mol. The summed E-state index contributed by atoms with van der Waals surface area (Å²) in [4.78, 5) is 0. The second kappa shape index (κ2) is 2.04. The van der Waals surface area contributed by atoms with Gasteiger partial charge in [0.25, 0.3) is 10.1 Å². The first kappa shape index (κ1) is 7.33. The van der Waals surface area contributed by atoms with E-state index in [1.165, 1.54) is 6.42 Å². The van der Waals surface area contributed by atoms with Gasteiger partial charge in [-0.3, -0.25) is 4.18 Å². The maximum absolute atomic E-state index is 11.4. The predicted molar refractivity (Wildman–Crippen MR) is 43.0 cm³/mol. The van der Waals surface area contributed by atoms with Gasteiger partial charge in [0.2, 0.25) is 0 Å². The van der Waals surface area contributed by atoms with Gasteiger partial charge in [-0.25, -0.2) is 0 Å². The molecule has 4 unspecified atom stereocenters. The summed E-state index contributed by atoms with van der Waals surface area (Å²) in [6, 6.07) is 0. The van der Waals surface area contributed by atoms with Gasteiger partial charge in [-0.05, 0) is 31.6 Å². The van der Waals surface area contributed by atoms with Crippen molar-refractivity contribution in [1.82, 2.24) is 0 Å². The molecule has 4 rings (SSSR count). The van der Waals surface area contributed by atoms with Crippen molar-refractivity contribution in [3.8, 4) is 0 Å². The third kappa shape index (κ3) is 0.773. The molecule has 0 N–H and O–H groups in total. The molecule has 1 saturated heterocycles. The van der Waals surface area contributed by atoms with Gasteiger partial charge in [0.05, 0.1) is 11.4 Å². The number of hydrogen-bond acceptors (Lipinski definition) is 3. The number of rotatable bonds is 0. The molecule has 1 heterocycles. The van der Waals surface area contributed by atoms with Crippen LogP contribution in [0.5, 0.6) is 0 Å². The van der Waals surface area contributed by atoms with Crippen LogP contribution in [0.2, 0.25) is 0 Å². The Morgan fingerprint density at radius 3 is 2.58 bits per heavy atom. The molecule has 68 valence electrons. The first-order valence-electron chi connectivity index (χ1n) is 4.59. The lowest BCUT2D eigenvalue weighted by molar-refractivity contribution is 0.0676. The highest BCUT2D eigenvalue weighted by atomic mass is 32.2. The Balaban J connectivity index is 2.07. The van der Waals surface area contributed by atoms with Crippen LogP contribution in [0.15, 0.2) is 0 Å². The Kier molecular flexibility index (Phi) is 1.25. The van der Waals surface area contributed by atoms with Crippen molar-refractivity contribution < 1.29 is 12.6 Å². The van der Waals surface area contributed by atoms with E-state index in [1.807, 2.05) is 0 Å². The molecule has 4 atom stereocenters. The van der Waals surface area contributed by atoms with Crippen molar-refractivity contribution in [2.45, 2.75) is 37.0 Å². The van der Waals surface area contributed by atoms with Crippen LogP contribution in [-0.2, 0) is 14.3 Å². The average Bonchev–Trinajstić information content (AvgIpc) is 2.20. The summed E-state index contributed by atoms with van der Waals surface area (Å²) in [5.41, 5.74) is 0. The van der Waals surface area contributed by atoms with Crippen LogP contribution in [0.3, 0.4) is 0 Å². The van der Waals surface area contributed by atoms with Crippen LogP contribution in [-0.4, -0.2) is 19.8 Å². The Bertz CT molecular complexity index is 308. The summed E-state index contributed by atoms with van der Waals surface area (Å²) in [6.45, 7) is 0. The second-order valence-corrected chi connectivity index (χ2v) is 6.03. The second-order valence-electron chi connectivity index (χ2n) is 4.24. The molecule has 4 fully saturated rings. The number of hydrogen-bond donors (Lipinski definition) is 0. The zero-order chi connectivity index (χ0) is 8.34. The molecular weight excluding hydrogens is 176 g/mol. The molecule has 3 saturated carbocycles. The zero-order valence-electron chi connectivity index (χ0n) is 6.77. The molecule has 3 aliphatic carbocycles. The van der Waals surface area contributed by atoms with E-state index in [1.54, 1.807) is 0 Å². The molecule has 0 spiro atoms. The van der Waals surface area contributed by atoms with Gasteiger partial charge in [0.15, 0.2) is 0 Å². The Morgan fingerprint density at radius 1 is 1.17 bits per heavy atom. The molecule has 4 aliphatic rings. The minimum absolute atomic E-state index is 0.0486. The van der Waals surface area contributed by atoms with Crippen LogP contribution < -0.4 is 0 Å². The molecule has 4 bridgehead atoms. The fourth-order valence-corrected chi connectivity index (χ4v) is 5.02. The summed E-state index contributed by atoms with van der Waals surface area (Å²) < 4.78 is 27.9. The summed E-state index contributed by atoms with van der Waals surface area (Å²) in [5.74, 6) is 0.960. The lowest BCUT2D eigenvalue weighted by Crippen LogP contribution is -2.39. The van der Waals surface area contributed by atoms with Gasteiger partial charge in [-0.1, -0.05) is 0 Å². The number of fused-ring (bicyclic) bond motifs is 1. The van der Waals surface area contributed by atoms with E-state index >= 15 is 0 Å². The first-order valence-corrected chi connectivity index (χ1v) is 6.06. The fourth-order valence-electron chi connectivity index (χ4n) is 3.06. The van der Waals surface area contributed by atoms with Crippen LogP contribution in [0.4, 0.5) is 0 Å². The summed E-state index contributed by atoms with van der Waals surface area (Å²) in [6.07, 6.45) is 4.19. The smallest absolute Gasteiger partial charge is 0.266 e. The standard InChI is InChI=1S/C8H12O3S/c9-12(10)8-4-5-1-2-6(8)7(3-5)11-12/h5-8H,1-4H2. The van der Waals surface area contributed by atoms with Gasteiger partial charge in [0.1, 0.15) is 0 Å². The molecular formula is C8H12O3S. The highest BCUT2D eigenvalue weighted by Gasteiger charge is 2.55. The van der Waals surface area contributed by atoms with Crippen molar-refractivity contribution in [1.29, 1.82) is 0 Å². The zero-order valence-corrected chi connectivity index (χ0v) is 7.59. The molecule has 0 radical (unpaired) electrons. The normalized spacial score (nSPS) is 54.3. The third-order valence-electron chi connectivity index (χ3n) is 3.62. The molecule has 1 aliphatic heterocycles. The van der Waals surface area contributed by atoms with E-state index in [0.717, 1.165) is 19.3 Å². The van der Waals surface area contributed by atoms with Gasteiger partial charge in [-0.15, -0.1) is 0 Å². The highest BCUT2D eigenvalue weighted by molar-refractivity contribution is 7.87. The maximum atomic E-state index is 11.4. The van der Waals surface area contributed by atoms with Crippen molar-refractivity contribution in [3.05, 3.63) is 0 Å². The first-order chi connectivity index (χ1) is 5.67. The minimum atomic E-state index is -3.15. The third-order valence-corrected chi connectivity index (χ3v) is 5.42. The monoisotopic (exact) mass is 188 g/mol. The molecule has 0 aromatic rings. The predicted octanol–water partition coefficient (Wildman–Crippen LogP) is 0.904. The van der Waals surface area contributed by atoms with E-state index in [9.17, 15) is 8.42 Å². The molecule has 0 amide bonds. The largest absolute Gasteiger partial charge is 0.270 e. The molecule has 0 aromatic carbocycles. The SMILES string of the molecule is O=S1(=O)OC2CC3CCC2C1C3. The Morgan fingerprint density at radius 2 is 2.00 bits per heavy atom. The van der Waals surface area contributed by atoms with Gasteiger partial charge >= 0.3 is 0 Å². The quantitative estimate of drug-likeness (QED) is 0.530. The topological polar surface area (TPSA) is 43.4 Å². The molecule has 0 aromatic heterocycles. The fraction of sp³-hybridized carbons (Fsp3) is 1.00. The van der Waals surface area contributed by atoms with E-state index in [4.69, 9.17) is 4.18 Å². The molecule has 12 heavy (non-hydrogen) atoms. The summed E-state index contributed by atoms with van der Waals surface area (Å²) in [5, 5.41) is -0.144. The van der Waals surface area contributed by atoms with Crippen LogP contribution in [0, 0.1) is 11.8 Å². The van der Waals surface area contributed by atoms with Crippen LogP contribution in [0.1, 0.15) is 25.7 Å². The highest BCUT2D eigenvalue weighted by Crippen LogP contribution is 2.50. The van der Waals surface area contributed by atoms with E-state index < -0.39 is 10.1 Å². The van der Waals surface area contributed by atoms with Crippen molar-refractivity contribution in [3.63, 3.8) is 0 Å². The van der Waals surface area contributed by atoms with E-state index in [0.29, 0.717) is 11.8 Å².